The number of carbonyl (C=O) groups is 1. The first-order chi connectivity index (χ1) is 13.3. The highest BCUT2D eigenvalue weighted by Gasteiger charge is 2.46. The third kappa shape index (κ3) is 3.34. The summed E-state index contributed by atoms with van der Waals surface area (Å²) in [5.41, 5.74) is 0.525. The lowest BCUT2D eigenvalue weighted by Gasteiger charge is -2.17. The minimum absolute atomic E-state index is 0.206. The van der Waals surface area contributed by atoms with E-state index in [1.807, 2.05) is 0 Å². The number of benzene rings is 2. The Kier molecular flexibility index (Phi) is 4.56. The second-order valence-corrected chi connectivity index (χ2v) is 7.17. The Bertz CT molecular complexity index is 922. The lowest BCUT2D eigenvalue weighted by molar-refractivity contribution is -0.142. The Balaban J connectivity index is 1.52. The topological polar surface area (TPSA) is 35.5 Å². The van der Waals surface area contributed by atoms with Crippen LogP contribution in [0, 0.1) is 11.7 Å². The molecule has 0 aliphatic heterocycles. The standard InChI is InChI=1S/C21H18F4O3/c1-27-20(26)16-10-15(16)13-6-5-11(9-18(13)22)28-19-8-7-12-14(19)3-2-4-17(12)21(23,24)25/h2-6,9,15-16,19H,7-8,10H2,1H3/t15-,16+,19+/m0/s1. The number of carbonyl (C=O) groups excluding carboxylic acids is 1. The van der Waals surface area contributed by atoms with E-state index in [1.54, 1.807) is 18.2 Å². The summed E-state index contributed by atoms with van der Waals surface area (Å²) in [6.45, 7) is 0. The molecule has 1 saturated carbocycles. The molecule has 4 rings (SSSR count). The van der Waals surface area contributed by atoms with E-state index >= 15 is 0 Å². The molecule has 0 aromatic heterocycles. The number of methoxy groups -OCH3 is 1. The number of rotatable bonds is 4. The minimum atomic E-state index is -4.41. The smallest absolute Gasteiger partial charge is 0.416 e. The van der Waals surface area contributed by atoms with E-state index in [-0.39, 0.29) is 35.5 Å². The highest BCUT2D eigenvalue weighted by molar-refractivity contribution is 5.77. The maximum Gasteiger partial charge on any atom is 0.416 e. The molecule has 3 nitrogen and oxygen atoms in total. The van der Waals surface area contributed by atoms with Crippen molar-refractivity contribution in [2.24, 2.45) is 5.92 Å². The highest BCUT2D eigenvalue weighted by atomic mass is 19.4. The second kappa shape index (κ2) is 6.79. The Morgan fingerprint density at radius 1 is 1.14 bits per heavy atom. The van der Waals surface area contributed by atoms with Gasteiger partial charge < -0.3 is 9.47 Å². The average Bonchev–Trinajstić information content (AvgIpc) is 3.34. The number of alkyl halides is 3. The van der Waals surface area contributed by atoms with Crippen molar-refractivity contribution >= 4 is 5.97 Å². The monoisotopic (exact) mass is 394 g/mol. The van der Waals surface area contributed by atoms with Crippen molar-refractivity contribution in [1.82, 2.24) is 0 Å². The number of halogens is 4. The fraction of sp³-hybridized carbons (Fsp3) is 0.381. The Labute approximate surface area is 159 Å². The second-order valence-electron chi connectivity index (χ2n) is 7.17. The van der Waals surface area contributed by atoms with Gasteiger partial charge in [0.2, 0.25) is 0 Å². The van der Waals surface area contributed by atoms with Crippen LogP contribution in [0.4, 0.5) is 17.6 Å². The zero-order valence-electron chi connectivity index (χ0n) is 15.1. The molecule has 2 aliphatic rings. The summed E-state index contributed by atoms with van der Waals surface area (Å²) in [5, 5.41) is 0. The van der Waals surface area contributed by atoms with Crippen molar-refractivity contribution in [2.45, 2.75) is 37.5 Å². The van der Waals surface area contributed by atoms with Gasteiger partial charge in [0.1, 0.15) is 17.7 Å². The van der Waals surface area contributed by atoms with Crippen LogP contribution in [0.1, 0.15) is 47.1 Å². The summed E-state index contributed by atoms with van der Waals surface area (Å²) in [5.74, 6) is -1.12. The van der Waals surface area contributed by atoms with Crippen molar-refractivity contribution < 1.29 is 31.8 Å². The van der Waals surface area contributed by atoms with Gasteiger partial charge in [0.15, 0.2) is 0 Å². The van der Waals surface area contributed by atoms with Crippen LogP contribution >= 0.6 is 0 Å². The molecule has 0 amide bonds. The van der Waals surface area contributed by atoms with Crippen molar-refractivity contribution in [3.05, 3.63) is 64.5 Å². The fourth-order valence-electron chi connectivity index (χ4n) is 4.00. The van der Waals surface area contributed by atoms with Crippen molar-refractivity contribution in [3.63, 3.8) is 0 Å². The molecule has 0 bridgehead atoms. The van der Waals surface area contributed by atoms with Gasteiger partial charge in [0.05, 0.1) is 18.6 Å². The molecule has 1 fully saturated rings. The van der Waals surface area contributed by atoms with Crippen LogP contribution < -0.4 is 4.74 Å². The number of hydrogen-bond donors (Lipinski definition) is 0. The summed E-state index contributed by atoms with van der Waals surface area (Å²) >= 11 is 0. The zero-order chi connectivity index (χ0) is 20.1. The van der Waals surface area contributed by atoms with E-state index in [0.29, 0.717) is 24.0 Å². The molecule has 0 saturated heterocycles. The Morgan fingerprint density at radius 2 is 1.93 bits per heavy atom. The normalized spacial score (nSPS) is 23.2. The molecule has 0 heterocycles. The molecule has 148 valence electrons. The van der Waals surface area contributed by atoms with E-state index in [0.717, 1.165) is 6.07 Å². The van der Waals surface area contributed by atoms with Gasteiger partial charge in [-0.1, -0.05) is 18.2 Å². The number of ether oxygens (including phenoxy) is 2. The molecule has 3 atom stereocenters. The molecule has 2 aromatic rings. The van der Waals surface area contributed by atoms with Crippen LogP contribution in [0.3, 0.4) is 0 Å². The van der Waals surface area contributed by atoms with Gasteiger partial charge in [0.25, 0.3) is 0 Å². The SMILES string of the molecule is COC(=O)[C@@H]1C[C@H]1c1ccc(O[C@@H]2CCc3c2cccc3C(F)(F)F)cc1F. The predicted octanol–water partition coefficient (Wildman–Crippen LogP) is 5.19. The molecule has 2 aliphatic carbocycles. The summed E-state index contributed by atoms with van der Waals surface area (Å²) in [7, 11) is 1.30. The van der Waals surface area contributed by atoms with Gasteiger partial charge in [-0.05, 0) is 48.1 Å². The molecule has 0 unspecified atom stereocenters. The van der Waals surface area contributed by atoms with Crippen LogP contribution in [-0.2, 0) is 22.1 Å². The van der Waals surface area contributed by atoms with Gasteiger partial charge >= 0.3 is 12.1 Å². The van der Waals surface area contributed by atoms with E-state index in [4.69, 9.17) is 4.74 Å². The third-order valence-corrected chi connectivity index (χ3v) is 5.47. The lowest BCUT2D eigenvalue weighted by atomic mass is 10.0. The van der Waals surface area contributed by atoms with Crippen LogP contribution in [0.25, 0.3) is 0 Å². The molecule has 0 radical (unpaired) electrons. The van der Waals surface area contributed by atoms with E-state index in [2.05, 4.69) is 4.74 Å². The summed E-state index contributed by atoms with van der Waals surface area (Å²) in [6.07, 6.45) is -3.75. The molecule has 28 heavy (non-hydrogen) atoms. The summed E-state index contributed by atoms with van der Waals surface area (Å²) in [6, 6.07) is 8.46. The lowest BCUT2D eigenvalue weighted by Crippen LogP contribution is -2.10. The maximum atomic E-state index is 14.5. The van der Waals surface area contributed by atoms with Crippen LogP contribution in [0.15, 0.2) is 36.4 Å². The minimum Gasteiger partial charge on any atom is -0.486 e. The van der Waals surface area contributed by atoms with Crippen molar-refractivity contribution in [3.8, 4) is 5.75 Å². The first-order valence-corrected chi connectivity index (χ1v) is 9.02. The van der Waals surface area contributed by atoms with Gasteiger partial charge in [-0.15, -0.1) is 0 Å². The highest BCUT2D eigenvalue weighted by Crippen LogP contribution is 2.49. The molecule has 0 N–H and O–H groups in total. The van der Waals surface area contributed by atoms with E-state index in [1.165, 1.54) is 19.2 Å². The van der Waals surface area contributed by atoms with E-state index in [9.17, 15) is 22.4 Å². The number of hydrogen-bond acceptors (Lipinski definition) is 3. The number of fused-ring (bicyclic) bond motifs is 1. The van der Waals surface area contributed by atoms with Gasteiger partial charge in [-0.2, -0.15) is 13.2 Å². The van der Waals surface area contributed by atoms with Crippen LogP contribution in [0.2, 0.25) is 0 Å². The Morgan fingerprint density at radius 3 is 2.61 bits per heavy atom. The van der Waals surface area contributed by atoms with Gasteiger partial charge in [-0.25, -0.2) is 4.39 Å². The van der Waals surface area contributed by atoms with Gasteiger partial charge in [-0.3, -0.25) is 4.79 Å². The third-order valence-electron chi connectivity index (χ3n) is 5.47. The molecular weight excluding hydrogens is 376 g/mol. The van der Waals surface area contributed by atoms with Crippen molar-refractivity contribution in [1.29, 1.82) is 0 Å². The van der Waals surface area contributed by atoms with Crippen LogP contribution in [-0.4, -0.2) is 13.1 Å². The largest absolute Gasteiger partial charge is 0.486 e. The van der Waals surface area contributed by atoms with Crippen LogP contribution in [0.5, 0.6) is 5.75 Å². The summed E-state index contributed by atoms with van der Waals surface area (Å²) in [4.78, 5) is 11.5. The molecular formula is C21H18F4O3. The van der Waals surface area contributed by atoms with Crippen molar-refractivity contribution in [2.75, 3.05) is 7.11 Å². The fourth-order valence-corrected chi connectivity index (χ4v) is 4.00. The van der Waals surface area contributed by atoms with E-state index < -0.39 is 23.7 Å². The maximum absolute atomic E-state index is 14.5. The Hall–Kier alpha value is -2.57. The summed E-state index contributed by atoms with van der Waals surface area (Å²) < 4.78 is 64.5. The molecule has 2 aromatic carbocycles. The zero-order valence-corrected chi connectivity index (χ0v) is 15.1. The first-order valence-electron chi connectivity index (χ1n) is 9.02. The molecule has 7 heteroatoms. The number of esters is 1. The average molecular weight is 394 g/mol. The predicted molar refractivity (Wildman–Crippen MR) is 92.4 cm³/mol. The quantitative estimate of drug-likeness (QED) is 0.529. The molecule has 0 spiro atoms. The van der Waals surface area contributed by atoms with Gasteiger partial charge in [0, 0.05) is 12.0 Å². The first kappa shape index (κ1) is 18.8.